The molecule has 0 aromatic heterocycles. The molecular formula is C16H24ClNO. The molecule has 1 fully saturated rings. The first-order valence-corrected chi connectivity index (χ1v) is 7.73. The van der Waals surface area contributed by atoms with Gasteiger partial charge in [0.15, 0.2) is 0 Å². The van der Waals surface area contributed by atoms with Crippen molar-refractivity contribution in [2.45, 2.75) is 44.6 Å². The van der Waals surface area contributed by atoms with E-state index in [1.165, 1.54) is 0 Å². The molecular weight excluding hydrogens is 258 g/mol. The van der Waals surface area contributed by atoms with E-state index < -0.39 is 5.60 Å². The lowest BCUT2D eigenvalue weighted by molar-refractivity contribution is -0.0423. The predicted molar refractivity (Wildman–Crippen MR) is 80.5 cm³/mol. The summed E-state index contributed by atoms with van der Waals surface area (Å²) in [6, 6.07) is 7.73. The van der Waals surface area contributed by atoms with E-state index in [0.717, 1.165) is 50.8 Å². The number of hydrogen-bond donors (Lipinski definition) is 2. The Kier molecular flexibility index (Phi) is 5.26. The summed E-state index contributed by atoms with van der Waals surface area (Å²) in [7, 11) is 0. The van der Waals surface area contributed by atoms with Crippen molar-refractivity contribution in [3.8, 4) is 0 Å². The van der Waals surface area contributed by atoms with Gasteiger partial charge in [-0.25, -0.2) is 0 Å². The van der Waals surface area contributed by atoms with Crippen LogP contribution < -0.4 is 5.32 Å². The quantitative estimate of drug-likeness (QED) is 0.862. The molecule has 0 amide bonds. The van der Waals surface area contributed by atoms with E-state index in [2.05, 4.69) is 12.2 Å². The number of aliphatic hydroxyl groups is 1. The summed E-state index contributed by atoms with van der Waals surface area (Å²) in [5, 5.41) is 15.4. The van der Waals surface area contributed by atoms with Crippen molar-refractivity contribution >= 4 is 11.6 Å². The van der Waals surface area contributed by atoms with Crippen LogP contribution in [0.4, 0.5) is 0 Å². The zero-order valence-corrected chi connectivity index (χ0v) is 12.4. The van der Waals surface area contributed by atoms with E-state index >= 15 is 0 Å². The fraction of sp³-hybridized carbons (Fsp3) is 0.625. The van der Waals surface area contributed by atoms with Crippen molar-refractivity contribution < 1.29 is 5.11 Å². The fourth-order valence-electron chi connectivity index (χ4n) is 3.05. The van der Waals surface area contributed by atoms with Crippen LogP contribution in [-0.4, -0.2) is 18.2 Å². The van der Waals surface area contributed by atoms with Crippen molar-refractivity contribution in [3.05, 3.63) is 34.9 Å². The largest absolute Gasteiger partial charge is 0.385 e. The molecule has 1 aliphatic heterocycles. The highest BCUT2D eigenvalue weighted by atomic mass is 35.5. The topological polar surface area (TPSA) is 32.3 Å². The summed E-state index contributed by atoms with van der Waals surface area (Å²) in [6.07, 6.45) is 5.18. The monoisotopic (exact) mass is 281 g/mol. The Hall–Kier alpha value is -0.570. The Morgan fingerprint density at radius 1 is 1.47 bits per heavy atom. The molecule has 0 saturated carbocycles. The van der Waals surface area contributed by atoms with E-state index in [9.17, 15) is 5.11 Å². The van der Waals surface area contributed by atoms with Crippen LogP contribution in [0.1, 0.15) is 44.6 Å². The number of benzene rings is 1. The van der Waals surface area contributed by atoms with Gasteiger partial charge in [-0.1, -0.05) is 43.5 Å². The Labute approximate surface area is 121 Å². The Balaban J connectivity index is 2.27. The van der Waals surface area contributed by atoms with Crippen LogP contribution in [0.2, 0.25) is 5.02 Å². The van der Waals surface area contributed by atoms with E-state index in [4.69, 9.17) is 11.6 Å². The zero-order valence-electron chi connectivity index (χ0n) is 11.7. The van der Waals surface area contributed by atoms with Crippen LogP contribution in [0.3, 0.4) is 0 Å². The molecule has 19 heavy (non-hydrogen) atoms. The van der Waals surface area contributed by atoms with Gasteiger partial charge in [0.2, 0.25) is 0 Å². The first-order valence-electron chi connectivity index (χ1n) is 7.36. The highest BCUT2D eigenvalue weighted by molar-refractivity contribution is 6.30. The van der Waals surface area contributed by atoms with Crippen LogP contribution in [0.15, 0.2) is 24.3 Å². The molecule has 1 aromatic carbocycles. The van der Waals surface area contributed by atoms with E-state index in [1.54, 1.807) is 0 Å². The molecule has 106 valence electrons. The number of rotatable bonds is 5. The number of piperidine rings is 1. The summed E-state index contributed by atoms with van der Waals surface area (Å²) < 4.78 is 0. The van der Waals surface area contributed by atoms with Crippen molar-refractivity contribution in [3.63, 3.8) is 0 Å². The van der Waals surface area contributed by atoms with Gasteiger partial charge in [0.05, 0.1) is 5.60 Å². The Morgan fingerprint density at radius 3 is 2.95 bits per heavy atom. The van der Waals surface area contributed by atoms with Crippen LogP contribution in [0.25, 0.3) is 0 Å². The second-order valence-corrected chi connectivity index (χ2v) is 6.02. The summed E-state index contributed by atoms with van der Waals surface area (Å²) in [5.41, 5.74) is 0.232. The lowest BCUT2D eigenvalue weighted by atomic mass is 9.74. The molecule has 2 N–H and O–H groups in total. The lowest BCUT2D eigenvalue weighted by Crippen LogP contribution is -2.44. The molecule has 0 aliphatic carbocycles. The first kappa shape index (κ1) is 14.8. The number of halogens is 1. The summed E-state index contributed by atoms with van der Waals surface area (Å²) in [4.78, 5) is 0. The maximum Gasteiger partial charge on any atom is 0.0937 e. The third-order valence-corrected chi connectivity index (χ3v) is 4.44. The van der Waals surface area contributed by atoms with Gasteiger partial charge in [0.25, 0.3) is 0 Å². The molecule has 2 nitrogen and oxygen atoms in total. The molecule has 1 aliphatic rings. The smallest absolute Gasteiger partial charge is 0.0937 e. The molecule has 0 radical (unpaired) electrons. The fourth-order valence-corrected chi connectivity index (χ4v) is 3.24. The highest BCUT2D eigenvalue weighted by Gasteiger charge is 2.38. The molecule has 1 aromatic rings. The van der Waals surface area contributed by atoms with Crippen LogP contribution in [-0.2, 0) is 5.60 Å². The van der Waals surface area contributed by atoms with Crippen LogP contribution in [0.5, 0.6) is 0 Å². The third kappa shape index (κ3) is 3.50. The normalized spacial score (nSPS) is 23.0. The summed E-state index contributed by atoms with van der Waals surface area (Å²) in [5.74, 6) is 0.284. The minimum Gasteiger partial charge on any atom is -0.385 e. The van der Waals surface area contributed by atoms with E-state index in [0.29, 0.717) is 5.02 Å². The maximum atomic E-state index is 11.3. The molecule has 2 unspecified atom stereocenters. The summed E-state index contributed by atoms with van der Waals surface area (Å²) in [6.45, 7) is 4.13. The third-order valence-electron chi connectivity index (χ3n) is 4.21. The molecule has 0 spiro atoms. The van der Waals surface area contributed by atoms with Crippen molar-refractivity contribution in [2.75, 3.05) is 13.1 Å². The van der Waals surface area contributed by atoms with E-state index in [1.807, 2.05) is 24.3 Å². The molecule has 3 heteroatoms. The predicted octanol–water partition coefficient (Wildman–Crippen LogP) is 3.72. The van der Waals surface area contributed by atoms with Crippen molar-refractivity contribution in [2.24, 2.45) is 5.92 Å². The second kappa shape index (κ2) is 6.74. The van der Waals surface area contributed by atoms with Gasteiger partial charge in [-0.05, 0) is 43.5 Å². The molecule has 1 heterocycles. The average Bonchev–Trinajstić information content (AvgIpc) is 2.45. The minimum atomic E-state index is -0.742. The average molecular weight is 282 g/mol. The van der Waals surface area contributed by atoms with Gasteiger partial charge in [0.1, 0.15) is 0 Å². The van der Waals surface area contributed by atoms with Gasteiger partial charge in [-0.2, -0.15) is 0 Å². The van der Waals surface area contributed by atoms with Crippen molar-refractivity contribution in [1.29, 1.82) is 0 Å². The molecule has 0 bridgehead atoms. The number of unbranched alkanes of at least 4 members (excludes halogenated alkanes) is 1. The first-order chi connectivity index (χ1) is 9.16. The van der Waals surface area contributed by atoms with Gasteiger partial charge in [-0.15, -0.1) is 0 Å². The van der Waals surface area contributed by atoms with Crippen molar-refractivity contribution in [1.82, 2.24) is 5.32 Å². The zero-order chi connectivity index (χ0) is 13.7. The standard InChI is InChI=1S/C16H24ClNO/c1-2-3-9-16(19,14-7-5-10-18-12-14)13-6-4-8-15(17)11-13/h4,6,8,11,14,18-19H,2-3,5,7,9-10,12H2,1H3. The molecule has 2 atom stereocenters. The highest BCUT2D eigenvalue weighted by Crippen LogP contribution is 2.38. The molecule has 1 saturated heterocycles. The summed E-state index contributed by atoms with van der Waals surface area (Å²) >= 11 is 6.10. The molecule has 2 rings (SSSR count). The lowest BCUT2D eigenvalue weighted by Gasteiger charge is -2.39. The van der Waals surface area contributed by atoms with E-state index in [-0.39, 0.29) is 5.92 Å². The van der Waals surface area contributed by atoms with Gasteiger partial charge >= 0.3 is 0 Å². The number of hydrogen-bond acceptors (Lipinski definition) is 2. The second-order valence-electron chi connectivity index (χ2n) is 5.58. The minimum absolute atomic E-state index is 0.284. The SMILES string of the molecule is CCCCC(O)(c1cccc(Cl)c1)C1CCCNC1. The van der Waals surface area contributed by atoms with Gasteiger partial charge in [0, 0.05) is 17.5 Å². The van der Waals surface area contributed by atoms with Gasteiger partial charge in [-0.3, -0.25) is 0 Å². The Bertz CT molecular complexity index is 403. The van der Waals surface area contributed by atoms with Gasteiger partial charge < -0.3 is 10.4 Å². The maximum absolute atomic E-state index is 11.3. The van der Waals surface area contributed by atoms with Crippen LogP contribution in [0, 0.1) is 5.92 Å². The van der Waals surface area contributed by atoms with Crippen LogP contribution >= 0.6 is 11.6 Å². The Morgan fingerprint density at radius 2 is 2.32 bits per heavy atom. The number of nitrogens with one attached hydrogen (secondary N) is 1.